The second-order valence-electron chi connectivity index (χ2n) is 5.82. The molecule has 0 spiro atoms. The smallest absolute Gasteiger partial charge is 0.363 e. The minimum Gasteiger partial charge on any atom is -0.490 e. The predicted molar refractivity (Wildman–Crippen MR) is 121 cm³/mol. The molecule has 9 heteroatoms. The average molecular weight is 591 g/mol. The Hall–Kier alpha value is -1.91. The number of halogens is 3. The number of nitrogens with zero attached hydrogens (tertiary/aromatic N) is 1. The topological polar surface area (TPSA) is 74.2 Å². The van der Waals surface area contributed by atoms with E-state index in [-0.39, 0.29) is 17.3 Å². The fourth-order valence-corrected chi connectivity index (χ4v) is 3.75. The lowest BCUT2D eigenvalue weighted by atomic mass is 10.1. The predicted octanol–water partition coefficient (Wildman–Crippen LogP) is 5.38. The van der Waals surface area contributed by atoms with Gasteiger partial charge in [0.05, 0.1) is 21.7 Å². The molecule has 150 valence electrons. The summed E-state index contributed by atoms with van der Waals surface area (Å²) in [5, 5.41) is 0.435. The summed E-state index contributed by atoms with van der Waals surface area (Å²) in [4.78, 5) is 27.9. The van der Waals surface area contributed by atoms with Gasteiger partial charge in [-0.15, -0.1) is 0 Å². The number of carbonyl (C=O) groups excluding carboxylic acids is 2. The van der Waals surface area contributed by atoms with Crippen LogP contribution in [0.2, 0.25) is 5.02 Å². The van der Waals surface area contributed by atoms with Crippen molar-refractivity contribution < 1.29 is 23.8 Å². The Kier molecular flexibility index (Phi) is 6.97. The van der Waals surface area contributed by atoms with Crippen LogP contribution in [-0.2, 0) is 14.3 Å². The summed E-state index contributed by atoms with van der Waals surface area (Å²) < 4.78 is 17.5. The molecule has 0 saturated carbocycles. The van der Waals surface area contributed by atoms with Crippen molar-refractivity contribution in [3.05, 3.63) is 60.2 Å². The number of cyclic esters (lactones) is 1. The van der Waals surface area contributed by atoms with Crippen molar-refractivity contribution in [2.24, 2.45) is 4.99 Å². The van der Waals surface area contributed by atoms with Crippen LogP contribution in [0.15, 0.2) is 45.5 Å². The van der Waals surface area contributed by atoms with E-state index < -0.39 is 11.9 Å². The number of esters is 2. The summed E-state index contributed by atoms with van der Waals surface area (Å²) in [5.74, 6) is -0.287. The molecule has 0 radical (unpaired) electrons. The van der Waals surface area contributed by atoms with Crippen LogP contribution in [0, 0.1) is 3.57 Å². The van der Waals surface area contributed by atoms with Gasteiger partial charge < -0.3 is 14.2 Å². The van der Waals surface area contributed by atoms with Crippen LogP contribution in [0.25, 0.3) is 6.08 Å². The number of carbonyl (C=O) groups is 2. The van der Waals surface area contributed by atoms with Gasteiger partial charge in [-0.25, -0.2) is 9.79 Å². The van der Waals surface area contributed by atoms with Crippen molar-refractivity contribution in [2.75, 3.05) is 6.61 Å². The zero-order valence-corrected chi connectivity index (χ0v) is 19.8. The molecule has 0 atom stereocenters. The Bertz CT molecular complexity index is 1070. The first-order valence-electron chi connectivity index (χ1n) is 8.41. The highest BCUT2D eigenvalue weighted by Gasteiger charge is 2.26. The second-order valence-corrected chi connectivity index (χ2v) is 8.32. The van der Waals surface area contributed by atoms with Gasteiger partial charge in [-0.05, 0) is 87.4 Å². The molecule has 0 aliphatic carbocycles. The molecule has 0 aromatic heterocycles. The number of ether oxygens (including phenoxy) is 3. The van der Waals surface area contributed by atoms with Crippen molar-refractivity contribution in [1.29, 1.82) is 0 Å². The van der Waals surface area contributed by atoms with Gasteiger partial charge in [0.2, 0.25) is 5.90 Å². The molecule has 6 nitrogen and oxygen atoms in total. The van der Waals surface area contributed by atoms with Crippen molar-refractivity contribution in [1.82, 2.24) is 0 Å². The maximum Gasteiger partial charge on any atom is 0.363 e. The number of hydrogen-bond donors (Lipinski definition) is 0. The lowest BCUT2D eigenvalue weighted by Crippen LogP contribution is -2.06. The highest BCUT2D eigenvalue weighted by atomic mass is 127. The molecule has 3 rings (SSSR count). The van der Waals surface area contributed by atoms with Crippen LogP contribution < -0.4 is 9.47 Å². The van der Waals surface area contributed by atoms with E-state index in [1.165, 1.54) is 6.92 Å². The van der Waals surface area contributed by atoms with E-state index in [1.807, 2.05) is 13.0 Å². The lowest BCUT2D eigenvalue weighted by molar-refractivity contribution is -0.132. The number of rotatable bonds is 5. The fourth-order valence-electron chi connectivity index (χ4n) is 2.52. The molecule has 2 aromatic rings. The van der Waals surface area contributed by atoms with Gasteiger partial charge in [0.15, 0.2) is 17.2 Å². The summed E-state index contributed by atoms with van der Waals surface area (Å²) in [6, 6.07) is 8.69. The highest BCUT2D eigenvalue weighted by Crippen LogP contribution is 2.38. The van der Waals surface area contributed by atoms with E-state index in [1.54, 1.807) is 30.3 Å². The van der Waals surface area contributed by atoms with Crippen LogP contribution in [0.3, 0.4) is 0 Å². The van der Waals surface area contributed by atoms with Crippen molar-refractivity contribution in [3.63, 3.8) is 0 Å². The minimum absolute atomic E-state index is 0.115. The zero-order chi connectivity index (χ0) is 21.1. The molecule has 2 aromatic carbocycles. The molecule has 1 aliphatic heterocycles. The summed E-state index contributed by atoms with van der Waals surface area (Å²) in [5.41, 5.74) is 1.27. The molecule has 0 N–H and O–H groups in total. The van der Waals surface area contributed by atoms with E-state index in [2.05, 4.69) is 43.5 Å². The summed E-state index contributed by atoms with van der Waals surface area (Å²) in [6.45, 7) is 3.49. The van der Waals surface area contributed by atoms with Gasteiger partial charge in [0.1, 0.15) is 0 Å². The molecule has 0 fully saturated rings. The lowest BCUT2D eigenvalue weighted by Gasteiger charge is -2.12. The van der Waals surface area contributed by atoms with E-state index in [9.17, 15) is 9.59 Å². The van der Waals surface area contributed by atoms with E-state index >= 15 is 0 Å². The SMILES string of the molecule is CCOc1cc(/C=C2\N=C(c3cc(I)ccc3Cl)OC2=O)cc(Br)c1OC(C)=O. The number of aliphatic imine (C=N–C) groups is 1. The van der Waals surface area contributed by atoms with E-state index in [4.69, 9.17) is 25.8 Å². The third kappa shape index (κ3) is 5.18. The van der Waals surface area contributed by atoms with Gasteiger partial charge in [0.25, 0.3) is 0 Å². The van der Waals surface area contributed by atoms with Crippen molar-refractivity contribution in [3.8, 4) is 11.5 Å². The summed E-state index contributed by atoms with van der Waals surface area (Å²) >= 11 is 11.7. The Morgan fingerprint density at radius 2 is 2.10 bits per heavy atom. The quantitative estimate of drug-likeness (QED) is 0.203. The molecule has 1 aliphatic rings. The average Bonchev–Trinajstić information content (AvgIpc) is 3.00. The van der Waals surface area contributed by atoms with Crippen LogP contribution in [-0.4, -0.2) is 24.4 Å². The largest absolute Gasteiger partial charge is 0.490 e. The maximum atomic E-state index is 12.3. The third-order valence-corrected chi connectivity index (χ3v) is 5.25. The minimum atomic E-state index is -0.590. The first-order valence-corrected chi connectivity index (χ1v) is 10.7. The summed E-state index contributed by atoms with van der Waals surface area (Å²) in [6.07, 6.45) is 1.56. The van der Waals surface area contributed by atoms with Crippen LogP contribution in [0.4, 0.5) is 0 Å². The Morgan fingerprint density at radius 3 is 2.79 bits per heavy atom. The Labute approximate surface area is 194 Å². The molecule has 1 heterocycles. The van der Waals surface area contributed by atoms with Crippen LogP contribution in [0.1, 0.15) is 25.0 Å². The number of benzene rings is 2. The number of hydrogen-bond acceptors (Lipinski definition) is 6. The molecular weight excluding hydrogens is 576 g/mol. The summed E-state index contributed by atoms with van der Waals surface area (Å²) in [7, 11) is 0. The molecular formula is C20H14BrClINO5. The zero-order valence-electron chi connectivity index (χ0n) is 15.3. The molecule has 0 amide bonds. The van der Waals surface area contributed by atoms with Gasteiger partial charge >= 0.3 is 11.9 Å². The maximum absolute atomic E-state index is 12.3. The third-order valence-electron chi connectivity index (χ3n) is 3.66. The van der Waals surface area contributed by atoms with Gasteiger partial charge in [-0.3, -0.25) is 4.79 Å². The van der Waals surface area contributed by atoms with Crippen LogP contribution in [0.5, 0.6) is 11.5 Å². The normalized spacial score (nSPS) is 14.6. The highest BCUT2D eigenvalue weighted by molar-refractivity contribution is 14.1. The van der Waals surface area contributed by atoms with Gasteiger partial charge in [-0.2, -0.15) is 0 Å². The van der Waals surface area contributed by atoms with Crippen molar-refractivity contribution >= 4 is 74.0 Å². The second kappa shape index (κ2) is 9.27. The van der Waals surface area contributed by atoms with E-state index in [0.29, 0.717) is 33.0 Å². The molecule has 29 heavy (non-hydrogen) atoms. The van der Waals surface area contributed by atoms with E-state index in [0.717, 1.165) is 3.57 Å². The standard InChI is InChI=1S/C20H14BrClINO5/c1-3-27-17-8-11(6-14(21)18(17)28-10(2)25)7-16-20(26)29-19(24-16)13-9-12(23)4-5-15(13)22/h4-9H,3H2,1-2H3/b16-7-. The molecule has 0 bridgehead atoms. The molecule has 0 saturated heterocycles. The van der Waals surface area contributed by atoms with Crippen molar-refractivity contribution in [2.45, 2.75) is 13.8 Å². The fraction of sp³-hybridized carbons (Fsp3) is 0.150. The molecule has 0 unspecified atom stereocenters. The van der Waals surface area contributed by atoms with Gasteiger partial charge in [-0.1, -0.05) is 11.6 Å². The Morgan fingerprint density at radius 1 is 1.34 bits per heavy atom. The monoisotopic (exact) mass is 589 g/mol. The van der Waals surface area contributed by atoms with Gasteiger partial charge in [0, 0.05) is 10.5 Å². The Balaban J connectivity index is 2.01. The first kappa shape index (κ1) is 21.8. The van der Waals surface area contributed by atoms with Crippen LogP contribution >= 0.6 is 50.1 Å². The first-order chi connectivity index (χ1) is 13.8.